The van der Waals surface area contributed by atoms with E-state index in [-0.39, 0.29) is 24.0 Å². The first-order chi connectivity index (χ1) is 10.7. The highest BCUT2D eigenvalue weighted by molar-refractivity contribution is 14.0. The summed E-state index contributed by atoms with van der Waals surface area (Å²) < 4.78 is 1.82. The molecule has 3 rings (SSSR count). The van der Waals surface area contributed by atoms with Gasteiger partial charge in [-0.15, -0.1) is 24.0 Å². The van der Waals surface area contributed by atoms with Gasteiger partial charge in [-0.05, 0) is 25.7 Å². The second-order valence-electron chi connectivity index (χ2n) is 6.63. The van der Waals surface area contributed by atoms with E-state index in [1.54, 1.807) is 0 Å². The Morgan fingerprint density at radius 1 is 1.39 bits per heavy atom. The van der Waals surface area contributed by atoms with Crippen molar-refractivity contribution in [2.24, 2.45) is 18.0 Å². The van der Waals surface area contributed by atoms with E-state index in [0.29, 0.717) is 18.5 Å². The lowest BCUT2D eigenvalue weighted by molar-refractivity contribution is 0.315. The van der Waals surface area contributed by atoms with Gasteiger partial charge >= 0.3 is 0 Å². The average Bonchev–Trinajstić information content (AvgIpc) is 3.16. The van der Waals surface area contributed by atoms with Gasteiger partial charge in [0.1, 0.15) is 0 Å². The molecule has 1 saturated carbocycles. The molecule has 1 aliphatic carbocycles. The van der Waals surface area contributed by atoms with Gasteiger partial charge < -0.3 is 10.6 Å². The molecule has 2 aliphatic rings. The number of likely N-dealkylation sites (tertiary alicyclic amines) is 1. The van der Waals surface area contributed by atoms with E-state index in [2.05, 4.69) is 34.5 Å². The molecule has 23 heavy (non-hydrogen) atoms. The van der Waals surface area contributed by atoms with Gasteiger partial charge in [-0.1, -0.05) is 6.92 Å². The van der Waals surface area contributed by atoms with Crippen LogP contribution in [0.25, 0.3) is 0 Å². The monoisotopic (exact) mass is 432 g/mol. The number of halogens is 1. The average molecular weight is 432 g/mol. The lowest BCUT2D eigenvalue weighted by Gasteiger charge is -2.20. The zero-order chi connectivity index (χ0) is 15.5. The van der Waals surface area contributed by atoms with E-state index < -0.39 is 0 Å². The highest BCUT2D eigenvalue weighted by Gasteiger charge is 2.38. The SMILES string of the molecule is CCNC(=NCc1cnn(C)c1)NC1CN(C2CC2)CC1C.I. The fourth-order valence-electron chi connectivity index (χ4n) is 3.15. The van der Waals surface area contributed by atoms with E-state index in [9.17, 15) is 0 Å². The molecular formula is C16H29IN6. The number of aliphatic imine (C=N–C) groups is 1. The Morgan fingerprint density at radius 2 is 2.17 bits per heavy atom. The molecule has 1 aliphatic heterocycles. The van der Waals surface area contributed by atoms with Crippen LogP contribution in [0.2, 0.25) is 0 Å². The summed E-state index contributed by atoms with van der Waals surface area (Å²) in [5.74, 6) is 1.59. The maximum Gasteiger partial charge on any atom is 0.191 e. The topological polar surface area (TPSA) is 57.5 Å². The van der Waals surface area contributed by atoms with E-state index in [1.807, 2.05) is 24.1 Å². The van der Waals surface area contributed by atoms with Crippen molar-refractivity contribution in [2.75, 3.05) is 19.6 Å². The van der Waals surface area contributed by atoms with Crippen LogP contribution in [-0.2, 0) is 13.6 Å². The quantitative estimate of drug-likeness (QED) is 0.422. The van der Waals surface area contributed by atoms with E-state index in [0.717, 1.165) is 30.7 Å². The molecule has 1 saturated heterocycles. The van der Waals surface area contributed by atoms with Crippen molar-refractivity contribution < 1.29 is 0 Å². The largest absolute Gasteiger partial charge is 0.357 e. The third-order valence-corrected chi connectivity index (χ3v) is 4.55. The summed E-state index contributed by atoms with van der Waals surface area (Å²) in [6.45, 7) is 8.34. The van der Waals surface area contributed by atoms with Crippen LogP contribution in [0.4, 0.5) is 0 Å². The number of aromatic nitrogens is 2. The van der Waals surface area contributed by atoms with Gasteiger partial charge in [0.05, 0.1) is 12.7 Å². The minimum absolute atomic E-state index is 0. The third kappa shape index (κ3) is 5.07. The predicted octanol–water partition coefficient (Wildman–Crippen LogP) is 1.58. The van der Waals surface area contributed by atoms with Crippen LogP contribution in [0.5, 0.6) is 0 Å². The highest BCUT2D eigenvalue weighted by atomic mass is 127. The first kappa shape index (κ1) is 18.5. The molecule has 0 radical (unpaired) electrons. The molecule has 2 heterocycles. The predicted molar refractivity (Wildman–Crippen MR) is 104 cm³/mol. The Morgan fingerprint density at radius 3 is 2.78 bits per heavy atom. The minimum Gasteiger partial charge on any atom is -0.357 e. The number of nitrogens with one attached hydrogen (secondary N) is 2. The number of hydrogen-bond donors (Lipinski definition) is 2. The molecule has 2 unspecified atom stereocenters. The molecule has 0 spiro atoms. The van der Waals surface area contributed by atoms with Crippen molar-refractivity contribution in [3.8, 4) is 0 Å². The molecule has 2 fully saturated rings. The molecular weight excluding hydrogens is 403 g/mol. The Balaban J connectivity index is 0.00000192. The highest BCUT2D eigenvalue weighted by Crippen LogP contribution is 2.31. The number of rotatable bonds is 5. The summed E-state index contributed by atoms with van der Waals surface area (Å²) in [7, 11) is 1.93. The standard InChI is InChI=1S/C16H28N6.HI/c1-4-17-16(18-7-13-8-19-21(3)10-13)20-15-11-22(9-12(15)2)14-5-6-14;/h8,10,12,14-15H,4-7,9,11H2,1-3H3,(H2,17,18,20);1H. The van der Waals surface area contributed by atoms with Crippen LogP contribution in [-0.4, -0.2) is 52.4 Å². The Labute approximate surface area is 156 Å². The van der Waals surface area contributed by atoms with Crippen LogP contribution in [0.3, 0.4) is 0 Å². The molecule has 130 valence electrons. The van der Waals surface area contributed by atoms with Crippen LogP contribution in [0.1, 0.15) is 32.3 Å². The van der Waals surface area contributed by atoms with Gasteiger partial charge in [0.2, 0.25) is 0 Å². The van der Waals surface area contributed by atoms with Crippen molar-refractivity contribution >= 4 is 29.9 Å². The van der Waals surface area contributed by atoms with Gasteiger partial charge in [-0.3, -0.25) is 9.58 Å². The van der Waals surface area contributed by atoms with Crippen molar-refractivity contribution in [1.82, 2.24) is 25.3 Å². The molecule has 0 aromatic carbocycles. The Hall–Kier alpha value is -0.830. The molecule has 2 atom stereocenters. The van der Waals surface area contributed by atoms with Gasteiger partial charge in [0.25, 0.3) is 0 Å². The molecule has 0 amide bonds. The Kier molecular flexibility index (Phi) is 6.70. The van der Waals surface area contributed by atoms with Crippen molar-refractivity contribution in [1.29, 1.82) is 0 Å². The number of aryl methyl sites for hydroxylation is 1. The van der Waals surface area contributed by atoms with Gasteiger partial charge in [0, 0.05) is 50.5 Å². The molecule has 0 bridgehead atoms. The van der Waals surface area contributed by atoms with Gasteiger partial charge in [-0.25, -0.2) is 4.99 Å². The van der Waals surface area contributed by atoms with E-state index in [1.165, 1.54) is 19.4 Å². The lowest BCUT2D eigenvalue weighted by atomic mass is 10.1. The Bertz CT molecular complexity index is 524. The minimum atomic E-state index is 0. The zero-order valence-corrected chi connectivity index (χ0v) is 16.7. The van der Waals surface area contributed by atoms with Gasteiger partial charge in [0.15, 0.2) is 5.96 Å². The maximum absolute atomic E-state index is 4.70. The third-order valence-electron chi connectivity index (χ3n) is 4.55. The molecule has 1 aromatic rings. The van der Waals surface area contributed by atoms with Crippen molar-refractivity contribution in [3.63, 3.8) is 0 Å². The fourth-order valence-corrected chi connectivity index (χ4v) is 3.15. The van der Waals surface area contributed by atoms with Crippen LogP contribution >= 0.6 is 24.0 Å². The number of nitrogens with zero attached hydrogens (tertiary/aromatic N) is 4. The fraction of sp³-hybridized carbons (Fsp3) is 0.750. The smallest absolute Gasteiger partial charge is 0.191 e. The summed E-state index contributed by atoms with van der Waals surface area (Å²) >= 11 is 0. The normalized spacial score (nSPS) is 25.3. The zero-order valence-electron chi connectivity index (χ0n) is 14.3. The summed E-state index contributed by atoms with van der Waals surface area (Å²) in [5, 5.41) is 11.2. The number of hydrogen-bond acceptors (Lipinski definition) is 3. The first-order valence-corrected chi connectivity index (χ1v) is 8.42. The van der Waals surface area contributed by atoms with E-state index >= 15 is 0 Å². The molecule has 1 aromatic heterocycles. The molecule has 2 N–H and O–H groups in total. The van der Waals surface area contributed by atoms with Gasteiger partial charge in [-0.2, -0.15) is 5.10 Å². The molecule has 7 heteroatoms. The second kappa shape index (κ2) is 8.32. The summed E-state index contributed by atoms with van der Waals surface area (Å²) in [6.07, 6.45) is 6.66. The molecule has 6 nitrogen and oxygen atoms in total. The maximum atomic E-state index is 4.70. The summed E-state index contributed by atoms with van der Waals surface area (Å²) in [6, 6.07) is 1.34. The van der Waals surface area contributed by atoms with Crippen LogP contribution in [0.15, 0.2) is 17.4 Å². The summed E-state index contributed by atoms with van der Waals surface area (Å²) in [4.78, 5) is 7.34. The van der Waals surface area contributed by atoms with Crippen LogP contribution in [0, 0.1) is 5.92 Å². The van der Waals surface area contributed by atoms with Crippen LogP contribution < -0.4 is 10.6 Å². The summed E-state index contributed by atoms with van der Waals surface area (Å²) in [5.41, 5.74) is 1.14. The first-order valence-electron chi connectivity index (χ1n) is 8.42. The number of guanidine groups is 1. The van der Waals surface area contributed by atoms with Crippen molar-refractivity contribution in [2.45, 2.75) is 45.3 Å². The van der Waals surface area contributed by atoms with E-state index in [4.69, 9.17) is 4.99 Å². The van der Waals surface area contributed by atoms with Crippen molar-refractivity contribution in [3.05, 3.63) is 18.0 Å². The second-order valence-corrected chi connectivity index (χ2v) is 6.63. The lowest BCUT2D eigenvalue weighted by Crippen LogP contribution is -2.46.